The van der Waals surface area contributed by atoms with Crippen LogP contribution in [0.25, 0.3) is 0 Å². The maximum atomic E-state index is 6.09. The molecule has 2 nitrogen and oxygen atoms in total. The highest BCUT2D eigenvalue weighted by atomic mass is 35.5. The third-order valence-electron chi connectivity index (χ3n) is 3.62. The van der Waals surface area contributed by atoms with Gasteiger partial charge in [0.1, 0.15) is 6.10 Å². The summed E-state index contributed by atoms with van der Waals surface area (Å²) < 4.78 is 6.09. The van der Waals surface area contributed by atoms with Gasteiger partial charge < -0.3 is 4.74 Å². The second-order valence-electron chi connectivity index (χ2n) is 4.71. The Hall–Kier alpha value is -0.760. The van der Waals surface area contributed by atoms with Crippen LogP contribution >= 0.6 is 11.6 Å². The smallest absolute Gasteiger partial charge is 0.218 e. The molecule has 0 N–H and O–H groups in total. The molecular weight excluding hydrogens is 234 g/mol. The summed E-state index contributed by atoms with van der Waals surface area (Å²) in [6.07, 6.45) is 8.32. The van der Waals surface area contributed by atoms with E-state index in [1.165, 1.54) is 25.7 Å². The van der Waals surface area contributed by atoms with Crippen LogP contribution < -0.4 is 4.74 Å². The van der Waals surface area contributed by atoms with Crippen molar-refractivity contribution in [2.75, 3.05) is 0 Å². The fourth-order valence-electron chi connectivity index (χ4n) is 2.57. The van der Waals surface area contributed by atoms with E-state index in [4.69, 9.17) is 16.3 Å². The normalized spacial score (nSPS) is 24.6. The Balaban J connectivity index is 2.08. The van der Waals surface area contributed by atoms with E-state index in [1.807, 2.05) is 12.1 Å². The molecule has 0 amide bonds. The van der Waals surface area contributed by atoms with Crippen molar-refractivity contribution in [1.82, 2.24) is 4.98 Å². The highest BCUT2D eigenvalue weighted by Gasteiger charge is 2.26. The molecular formula is C14H20ClNO. The molecule has 1 heterocycles. The van der Waals surface area contributed by atoms with Gasteiger partial charge in [-0.15, -0.1) is 11.6 Å². The third-order valence-corrected chi connectivity index (χ3v) is 3.91. The van der Waals surface area contributed by atoms with E-state index in [2.05, 4.69) is 11.9 Å². The zero-order chi connectivity index (χ0) is 12.1. The quantitative estimate of drug-likeness (QED) is 0.752. The molecule has 0 bridgehead atoms. The van der Waals surface area contributed by atoms with Crippen LogP contribution in [0.1, 0.15) is 44.6 Å². The molecule has 0 spiro atoms. The minimum Gasteiger partial charge on any atom is -0.474 e. The monoisotopic (exact) mass is 253 g/mol. The number of ether oxygens (including phenoxy) is 1. The standard InChI is InChI=1S/C14H20ClNO/c1-2-11-6-3-4-8-13(11)17-14-12(10-15)7-5-9-16-14/h5,7,9,11,13H,2-4,6,8,10H2,1H3. The molecule has 3 heteroatoms. The van der Waals surface area contributed by atoms with Crippen LogP contribution in [0.15, 0.2) is 18.3 Å². The maximum absolute atomic E-state index is 6.09. The second kappa shape index (κ2) is 6.25. The number of halogens is 1. The Morgan fingerprint density at radius 1 is 1.41 bits per heavy atom. The molecule has 17 heavy (non-hydrogen) atoms. The van der Waals surface area contributed by atoms with Gasteiger partial charge >= 0.3 is 0 Å². The lowest BCUT2D eigenvalue weighted by molar-refractivity contribution is 0.0850. The minimum absolute atomic E-state index is 0.325. The average molecular weight is 254 g/mol. The fourth-order valence-corrected chi connectivity index (χ4v) is 2.77. The van der Waals surface area contributed by atoms with E-state index >= 15 is 0 Å². The number of pyridine rings is 1. The molecule has 0 aliphatic heterocycles. The summed E-state index contributed by atoms with van der Waals surface area (Å²) in [5, 5.41) is 0. The fraction of sp³-hybridized carbons (Fsp3) is 0.643. The Bertz CT molecular complexity index is 356. The van der Waals surface area contributed by atoms with Crippen molar-refractivity contribution >= 4 is 11.6 Å². The highest BCUT2D eigenvalue weighted by molar-refractivity contribution is 6.17. The number of hydrogen-bond donors (Lipinski definition) is 0. The first kappa shape index (κ1) is 12.7. The highest BCUT2D eigenvalue weighted by Crippen LogP contribution is 2.31. The van der Waals surface area contributed by atoms with E-state index in [9.17, 15) is 0 Å². The summed E-state index contributed by atoms with van der Waals surface area (Å²) in [6.45, 7) is 2.24. The third kappa shape index (κ3) is 3.12. The van der Waals surface area contributed by atoms with Crippen molar-refractivity contribution in [2.45, 2.75) is 51.0 Å². The van der Waals surface area contributed by atoms with Crippen molar-refractivity contribution in [3.05, 3.63) is 23.9 Å². The van der Waals surface area contributed by atoms with Gasteiger partial charge in [-0.1, -0.05) is 19.4 Å². The molecule has 0 aromatic carbocycles. The number of alkyl halides is 1. The van der Waals surface area contributed by atoms with E-state index in [-0.39, 0.29) is 0 Å². The Morgan fingerprint density at radius 2 is 2.24 bits per heavy atom. The van der Waals surface area contributed by atoms with E-state index in [1.54, 1.807) is 6.20 Å². The first-order valence-electron chi connectivity index (χ1n) is 6.51. The predicted octanol–water partition coefficient (Wildman–Crippen LogP) is 4.17. The first-order valence-corrected chi connectivity index (χ1v) is 7.05. The molecule has 2 atom stereocenters. The molecule has 1 aliphatic carbocycles. The van der Waals surface area contributed by atoms with Crippen molar-refractivity contribution in [3.8, 4) is 5.88 Å². The molecule has 0 radical (unpaired) electrons. The van der Waals surface area contributed by atoms with Crippen LogP contribution in [0, 0.1) is 5.92 Å². The minimum atomic E-state index is 0.325. The number of aromatic nitrogens is 1. The lowest BCUT2D eigenvalue weighted by Gasteiger charge is -2.31. The van der Waals surface area contributed by atoms with E-state index < -0.39 is 0 Å². The van der Waals surface area contributed by atoms with Crippen LogP contribution in [0.2, 0.25) is 0 Å². The van der Waals surface area contributed by atoms with Crippen LogP contribution in [-0.2, 0) is 5.88 Å². The zero-order valence-corrected chi connectivity index (χ0v) is 11.1. The summed E-state index contributed by atoms with van der Waals surface area (Å²) in [6, 6.07) is 3.89. The Kier molecular flexibility index (Phi) is 4.66. The largest absolute Gasteiger partial charge is 0.474 e. The first-order chi connectivity index (χ1) is 8.35. The van der Waals surface area contributed by atoms with Crippen molar-refractivity contribution in [3.63, 3.8) is 0 Å². The summed E-state index contributed by atoms with van der Waals surface area (Å²) in [4.78, 5) is 4.31. The van der Waals surface area contributed by atoms with Crippen LogP contribution in [0.5, 0.6) is 5.88 Å². The molecule has 0 saturated heterocycles. The van der Waals surface area contributed by atoms with Crippen molar-refractivity contribution in [1.29, 1.82) is 0 Å². The zero-order valence-electron chi connectivity index (χ0n) is 10.4. The molecule has 1 aromatic rings. The second-order valence-corrected chi connectivity index (χ2v) is 4.98. The van der Waals surface area contributed by atoms with Crippen LogP contribution in [-0.4, -0.2) is 11.1 Å². The molecule has 1 aliphatic rings. The van der Waals surface area contributed by atoms with Crippen molar-refractivity contribution in [2.24, 2.45) is 5.92 Å². The lowest BCUT2D eigenvalue weighted by Crippen LogP contribution is -2.30. The van der Waals surface area contributed by atoms with Gasteiger partial charge in [0.05, 0.1) is 5.88 Å². The number of rotatable bonds is 4. The molecule has 1 fully saturated rings. The molecule has 94 valence electrons. The van der Waals surface area contributed by atoms with Gasteiger partial charge in [-0.25, -0.2) is 4.98 Å². The Morgan fingerprint density at radius 3 is 3.00 bits per heavy atom. The van der Waals surface area contributed by atoms with Crippen molar-refractivity contribution < 1.29 is 4.74 Å². The lowest BCUT2D eigenvalue weighted by atomic mass is 9.85. The summed E-state index contributed by atoms with van der Waals surface area (Å²) in [5.74, 6) is 1.87. The van der Waals surface area contributed by atoms with Gasteiger partial charge in [-0.2, -0.15) is 0 Å². The summed E-state index contributed by atoms with van der Waals surface area (Å²) in [7, 11) is 0. The van der Waals surface area contributed by atoms with Gasteiger partial charge in [0.2, 0.25) is 5.88 Å². The summed E-state index contributed by atoms with van der Waals surface area (Å²) >= 11 is 5.90. The van der Waals surface area contributed by atoms with Gasteiger partial charge in [-0.3, -0.25) is 0 Å². The summed E-state index contributed by atoms with van der Waals surface area (Å²) in [5.41, 5.74) is 0.995. The van der Waals surface area contributed by atoms with Gasteiger partial charge in [0.15, 0.2) is 0 Å². The predicted molar refractivity (Wildman–Crippen MR) is 70.5 cm³/mol. The van der Waals surface area contributed by atoms with Gasteiger partial charge in [-0.05, 0) is 37.7 Å². The van der Waals surface area contributed by atoms with Gasteiger partial charge in [0, 0.05) is 11.8 Å². The average Bonchev–Trinajstić information content (AvgIpc) is 2.40. The molecule has 2 unspecified atom stereocenters. The molecule has 1 saturated carbocycles. The van der Waals surface area contributed by atoms with Crippen LogP contribution in [0.4, 0.5) is 0 Å². The number of hydrogen-bond acceptors (Lipinski definition) is 2. The SMILES string of the molecule is CCC1CCCCC1Oc1ncccc1CCl. The Labute approximate surface area is 108 Å². The molecule has 2 rings (SSSR count). The van der Waals surface area contributed by atoms with Gasteiger partial charge in [0.25, 0.3) is 0 Å². The van der Waals surface area contributed by atoms with E-state index in [0.29, 0.717) is 17.9 Å². The maximum Gasteiger partial charge on any atom is 0.218 e. The van der Waals surface area contributed by atoms with Crippen LogP contribution in [0.3, 0.4) is 0 Å². The topological polar surface area (TPSA) is 22.1 Å². The molecule has 1 aromatic heterocycles. The van der Waals surface area contributed by atoms with E-state index in [0.717, 1.165) is 17.9 Å². The number of nitrogens with zero attached hydrogens (tertiary/aromatic N) is 1.